The Morgan fingerprint density at radius 2 is 1.78 bits per heavy atom. The van der Waals surface area contributed by atoms with Crippen molar-refractivity contribution in [3.8, 4) is 0 Å². The van der Waals surface area contributed by atoms with Crippen LogP contribution in [0.1, 0.15) is 27.2 Å². The Morgan fingerprint density at radius 1 is 1.17 bits per heavy atom. The monoisotopic (exact) mass is 321 g/mol. The van der Waals surface area contributed by atoms with Gasteiger partial charge >= 0.3 is 12.0 Å². The molecule has 3 N–H and O–H groups in total. The van der Waals surface area contributed by atoms with E-state index in [1.807, 2.05) is 13.0 Å². The minimum atomic E-state index is -1.22. The number of nitrogens with one attached hydrogen (secondary N) is 2. The third-order valence-corrected chi connectivity index (χ3v) is 3.10. The van der Waals surface area contributed by atoms with Crippen LogP contribution in [0.3, 0.4) is 0 Å². The molecule has 7 nitrogen and oxygen atoms in total. The van der Waals surface area contributed by atoms with E-state index in [9.17, 15) is 14.4 Å². The van der Waals surface area contributed by atoms with E-state index in [0.717, 1.165) is 0 Å². The maximum absolute atomic E-state index is 12.5. The predicted octanol–water partition coefficient (Wildman–Crippen LogP) is 1.91. The summed E-state index contributed by atoms with van der Waals surface area (Å²) < 4.78 is 0. The summed E-state index contributed by atoms with van der Waals surface area (Å²) in [5.74, 6) is -1.53. The normalized spacial score (nSPS) is 10.7. The van der Waals surface area contributed by atoms with Crippen molar-refractivity contribution in [3.05, 3.63) is 30.3 Å². The number of urea groups is 1. The van der Waals surface area contributed by atoms with E-state index in [1.54, 1.807) is 38.1 Å². The maximum Gasteiger partial charge on any atom is 0.323 e. The second-order valence-electron chi connectivity index (χ2n) is 5.69. The minimum Gasteiger partial charge on any atom is -0.480 e. The smallest absolute Gasteiger partial charge is 0.323 e. The number of amides is 3. The van der Waals surface area contributed by atoms with Crippen molar-refractivity contribution < 1.29 is 19.5 Å². The molecule has 0 unspecified atom stereocenters. The fourth-order valence-electron chi connectivity index (χ4n) is 2.10. The third-order valence-electron chi connectivity index (χ3n) is 3.10. The molecule has 1 aromatic carbocycles. The molecule has 0 bridgehead atoms. The van der Waals surface area contributed by atoms with Gasteiger partial charge in [0, 0.05) is 12.2 Å². The predicted molar refractivity (Wildman–Crippen MR) is 87.2 cm³/mol. The number of aliphatic carboxylic acids is 1. The summed E-state index contributed by atoms with van der Waals surface area (Å²) >= 11 is 0. The molecule has 7 heteroatoms. The molecule has 0 spiro atoms. The minimum absolute atomic E-state index is 0.316. The highest BCUT2D eigenvalue weighted by Crippen LogP contribution is 2.11. The molecule has 126 valence electrons. The van der Waals surface area contributed by atoms with Gasteiger partial charge in [-0.3, -0.25) is 9.59 Å². The Bertz CT molecular complexity index is 558. The van der Waals surface area contributed by atoms with Crippen molar-refractivity contribution in [2.75, 3.05) is 18.4 Å². The second kappa shape index (κ2) is 8.17. The van der Waals surface area contributed by atoms with E-state index in [0.29, 0.717) is 18.7 Å². The fraction of sp³-hybridized carbons (Fsp3) is 0.438. The molecule has 0 aliphatic rings. The Kier molecular flexibility index (Phi) is 6.56. The summed E-state index contributed by atoms with van der Waals surface area (Å²) in [5.41, 5.74) is -0.618. The Labute approximate surface area is 135 Å². The molecule has 0 aliphatic heterocycles. The molecule has 23 heavy (non-hydrogen) atoms. The number of rotatable bonds is 7. The van der Waals surface area contributed by atoms with Crippen LogP contribution >= 0.6 is 0 Å². The zero-order chi connectivity index (χ0) is 17.5. The first kappa shape index (κ1) is 18.5. The molecule has 0 saturated heterocycles. The van der Waals surface area contributed by atoms with E-state index in [1.165, 1.54) is 4.90 Å². The number of para-hydroxylation sites is 1. The Morgan fingerprint density at radius 3 is 2.30 bits per heavy atom. The number of benzene rings is 1. The van der Waals surface area contributed by atoms with Crippen molar-refractivity contribution in [1.29, 1.82) is 0 Å². The van der Waals surface area contributed by atoms with Crippen molar-refractivity contribution in [1.82, 2.24) is 10.2 Å². The molecule has 0 aliphatic carbocycles. The molecule has 0 atom stereocenters. The quantitative estimate of drug-likeness (QED) is 0.714. The van der Waals surface area contributed by atoms with Gasteiger partial charge in [-0.15, -0.1) is 0 Å². The largest absolute Gasteiger partial charge is 0.480 e. The average molecular weight is 321 g/mol. The first-order valence-corrected chi connectivity index (χ1v) is 7.41. The van der Waals surface area contributed by atoms with Crippen LogP contribution in [0.15, 0.2) is 30.3 Å². The zero-order valence-electron chi connectivity index (χ0n) is 13.6. The first-order valence-electron chi connectivity index (χ1n) is 7.41. The molecular weight excluding hydrogens is 298 g/mol. The van der Waals surface area contributed by atoms with Gasteiger partial charge in [-0.1, -0.05) is 25.1 Å². The lowest BCUT2D eigenvalue weighted by Crippen LogP contribution is -2.57. The highest BCUT2D eigenvalue weighted by molar-refractivity contribution is 5.96. The van der Waals surface area contributed by atoms with Crippen molar-refractivity contribution >= 4 is 23.6 Å². The van der Waals surface area contributed by atoms with Crippen LogP contribution in [-0.2, 0) is 9.59 Å². The van der Waals surface area contributed by atoms with Gasteiger partial charge in [-0.25, -0.2) is 4.79 Å². The maximum atomic E-state index is 12.5. The van der Waals surface area contributed by atoms with Crippen LogP contribution in [0, 0.1) is 0 Å². The second-order valence-corrected chi connectivity index (χ2v) is 5.69. The number of carbonyl (C=O) groups is 3. The number of hydrogen-bond acceptors (Lipinski definition) is 3. The van der Waals surface area contributed by atoms with Crippen LogP contribution in [0.4, 0.5) is 10.5 Å². The molecule has 0 aromatic heterocycles. The third kappa shape index (κ3) is 5.98. The molecule has 0 saturated carbocycles. The molecule has 0 heterocycles. The number of hydrogen-bond donors (Lipinski definition) is 3. The lowest BCUT2D eigenvalue weighted by atomic mass is 10.0. The molecule has 0 fully saturated rings. The lowest BCUT2D eigenvalue weighted by molar-refractivity contribution is -0.146. The van der Waals surface area contributed by atoms with E-state index in [-0.39, 0.29) is 0 Å². The molecule has 1 rings (SSSR count). The fourth-order valence-corrected chi connectivity index (χ4v) is 2.10. The average Bonchev–Trinajstić information content (AvgIpc) is 2.46. The van der Waals surface area contributed by atoms with Gasteiger partial charge in [0.15, 0.2) is 0 Å². The summed E-state index contributed by atoms with van der Waals surface area (Å²) in [4.78, 5) is 36.6. The van der Waals surface area contributed by atoms with Crippen LogP contribution in [0.25, 0.3) is 0 Å². The van der Waals surface area contributed by atoms with Crippen LogP contribution in [0.2, 0.25) is 0 Å². The number of carbonyl (C=O) groups excluding carboxylic acids is 2. The topological polar surface area (TPSA) is 98.7 Å². The molecule has 1 aromatic rings. The van der Waals surface area contributed by atoms with E-state index in [4.69, 9.17) is 5.11 Å². The Balaban J connectivity index is 2.73. The number of carboxylic acid groups (broad SMARTS) is 1. The number of nitrogens with zero attached hydrogens (tertiary/aromatic N) is 1. The van der Waals surface area contributed by atoms with Gasteiger partial charge in [-0.05, 0) is 32.4 Å². The summed E-state index contributed by atoms with van der Waals surface area (Å²) in [6.45, 7) is 4.87. The van der Waals surface area contributed by atoms with Crippen LogP contribution in [0.5, 0.6) is 0 Å². The number of carboxylic acids is 1. The highest BCUT2D eigenvalue weighted by Gasteiger charge is 2.34. The standard InChI is InChI=1S/C16H23N3O4/c1-4-10-19(11-13(20)21)14(22)16(2,3)18-15(23)17-12-8-6-5-7-9-12/h5-9H,4,10-11H2,1-3H3,(H,20,21)(H2,17,18,23). The van der Waals surface area contributed by atoms with Crippen molar-refractivity contribution in [2.45, 2.75) is 32.7 Å². The molecule has 3 amide bonds. The first-order chi connectivity index (χ1) is 10.8. The summed E-state index contributed by atoms with van der Waals surface area (Å²) in [6.07, 6.45) is 0.630. The van der Waals surface area contributed by atoms with E-state index < -0.39 is 30.0 Å². The summed E-state index contributed by atoms with van der Waals surface area (Å²) in [7, 11) is 0. The molecular formula is C16H23N3O4. The van der Waals surface area contributed by atoms with Gasteiger partial charge in [0.25, 0.3) is 0 Å². The van der Waals surface area contributed by atoms with E-state index >= 15 is 0 Å². The lowest BCUT2D eigenvalue weighted by Gasteiger charge is -2.31. The number of anilines is 1. The Hall–Kier alpha value is -2.57. The van der Waals surface area contributed by atoms with Gasteiger partial charge < -0.3 is 20.6 Å². The van der Waals surface area contributed by atoms with Gasteiger partial charge in [0.05, 0.1) is 0 Å². The highest BCUT2D eigenvalue weighted by atomic mass is 16.4. The van der Waals surface area contributed by atoms with E-state index in [2.05, 4.69) is 10.6 Å². The van der Waals surface area contributed by atoms with Crippen molar-refractivity contribution in [2.24, 2.45) is 0 Å². The molecule has 0 radical (unpaired) electrons. The summed E-state index contributed by atoms with van der Waals surface area (Å²) in [6, 6.07) is 8.31. The van der Waals surface area contributed by atoms with Gasteiger partial charge in [0.1, 0.15) is 12.1 Å². The van der Waals surface area contributed by atoms with Crippen molar-refractivity contribution in [3.63, 3.8) is 0 Å². The van der Waals surface area contributed by atoms with Gasteiger partial charge in [-0.2, -0.15) is 0 Å². The zero-order valence-corrected chi connectivity index (χ0v) is 13.6. The van der Waals surface area contributed by atoms with Crippen LogP contribution < -0.4 is 10.6 Å². The van der Waals surface area contributed by atoms with Crippen LogP contribution in [-0.4, -0.2) is 46.5 Å². The summed E-state index contributed by atoms with van der Waals surface area (Å²) in [5, 5.41) is 14.1. The van der Waals surface area contributed by atoms with Gasteiger partial charge in [0.2, 0.25) is 5.91 Å². The SMILES string of the molecule is CCCN(CC(=O)O)C(=O)C(C)(C)NC(=O)Nc1ccccc1.